The highest BCUT2D eigenvalue weighted by Crippen LogP contribution is 2.13. The minimum absolute atomic E-state index is 0.0995. The Balaban J connectivity index is 2.85. The van der Waals surface area contributed by atoms with Gasteiger partial charge in [-0.25, -0.2) is 4.79 Å². The summed E-state index contributed by atoms with van der Waals surface area (Å²) in [6.07, 6.45) is -1.04. The number of carbonyl (C=O) groups is 2. The van der Waals surface area contributed by atoms with E-state index in [0.29, 0.717) is 0 Å². The van der Waals surface area contributed by atoms with Crippen molar-refractivity contribution in [3.8, 4) is 0 Å². The fourth-order valence-electron chi connectivity index (χ4n) is 1.40. The van der Waals surface area contributed by atoms with E-state index in [1.165, 1.54) is 25.3 Å². The topological polar surface area (TPSA) is 122 Å². The zero-order valence-electron chi connectivity index (χ0n) is 10.4. The summed E-state index contributed by atoms with van der Waals surface area (Å²) in [5.41, 5.74) is 6.17. The predicted molar refractivity (Wildman–Crippen MR) is 67.6 cm³/mol. The number of hydrogen-bond donors (Lipinski definition) is 4. The van der Waals surface area contributed by atoms with E-state index in [2.05, 4.69) is 10.1 Å². The number of ether oxygens (including phenoxy) is 1. The Morgan fingerprint density at radius 1 is 1.37 bits per heavy atom. The van der Waals surface area contributed by atoms with Crippen LogP contribution in [0.2, 0.25) is 0 Å². The quantitative estimate of drug-likeness (QED) is 0.407. The Bertz CT molecular complexity index is 475. The number of rotatable bonds is 5. The van der Waals surface area contributed by atoms with Crippen LogP contribution in [0.15, 0.2) is 18.2 Å². The van der Waals surface area contributed by atoms with Crippen LogP contribution >= 0.6 is 0 Å². The number of amides is 1. The lowest BCUT2D eigenvalue weighted by atomic mass is 10.1. The monoisotopic (exact) mass is 268 g/mol. The van der Waals surface area contributed by atoms with E-state index < -0.39 is 24.6 Å². The number of benzene rings is 1. The molecule has 1 amide bonds. The lowest BCUT2D eigenvalue weighted by Crippen LogP contribution is -2.34. The van der Waals surface area contributed by atoms with E-state index in [0.717, 1.165) is 0 Å². The molecule has 0 fully saturated rings. The molecule has 1 rings (SSSR count). The molecule has 104 valence electrons. The average Bonchev–Trinajstić information content (AvgIpc) is 2.42. The smallest absolute Gasteiger partial charge is 0.337 e. The van der Waals surface area contributed by atoms with Crippen molar-refractivity contribution in [3.63, 3.8) is 0 Å². The first-order chi connectivity index (χ1) is 8.97. The summed E-state index contributed by atoms with van der Waals surface area (Å²) < 4.78 is 4.54. The van der Waals surface area contributed by atoms with Crippen molar-refractivity contribution in [1.29, 1.82) is 0 Å². The molecule has 7 nitrogen and oxygen atoms in total. The zero-order chi connectivity index (χ0) is 14.4. The van der Waals surface area contributed by atoms with E-state index in [1.807, 2.05) is 0 Å². The molecule has 5 N–H and O–H groups in total. The summed E-state index contributed by atoms with van der Waals surface area (Å²) in [4.78, 5) is 23.1. The number of nitrogens with one attached hydrogen (secondary N) is 1. The summed E-state index contributed by atoms with van der Waals surface area (Å²) in [5.74, 6) is -1.11. The molecule has 0 aliphatic heterocycles. The Morgan fingerprint density at radius 3 is 2.58 bits per heavy atom. The molecular weight excluding hydrogens is 252 g/mol. The van der Waals surface area contributed by atoms with Crippen LogP contribution in [0.25, 0.3) is 0 Å². The molecule has 0 aliphatic rings. The van der Waals surface area contributed by atoms with Crippen molar-refractivity contribution in [3.05, 3.63) is 29.3 Å². The number of aliphatic hydroxyl groups excluding tert-OH is 2. The molecule has 0 aromatic heterocycles. The Labute approximate surface area is 110 Å². The van der Waals surface area contributed by atoms with Crippen molar-refractivity contribution in [1.82, 2.24) is 5.32 Å². The van der Waals surface area contributed by atoms with Crippen LogP contribution in [0, 0.1) is 0 Å². The van der Waals surface area contributed by atoms with Gasteiger partial charge in [-0.3, -0.25) is 4.79 Å². The number of carbonyl (C=O) groups excluding carboxylic acids is 2. The van der Waals surface area contributed by atoms with Gasteiger partial charge in [-0.2, -0.15) is 0 Å². The van der Waals surface area contributed by atoms with E-state index in [1.54, 1.807) is 0 Å². The number of nitrogen functional groups attached to an aromatic ring is 1. The van der Waals surface area contributed by atoms with Gasteiger partial charge in [0.05, 0.1) is 25.4 Å². The fourth-order valence-corrected chi connectivity index (χ4v) is 1.40. The lowest BCUT2D eigenvalue weighted by Gasteiger charge is -2.10. The van der Waals surface area contributed by atoms with Crippen molar-refractivity contribution in [2.75, 3.05) is 26.0 Å². The van der Waals surface area contributed by atoms with E-state index >= 15 is 0 Å². The van der Waals surface area contributed by atoms with E-state index in [-0.39, 0.29) is 23.4 Å². The van der Waals surface area contributed by atoms with Crippen LogP contribution in [0.5, 0.6) is 0 Å². The predicted octanol–water partition coefficient (Wildman–Crippen LogP) is -0.862. The molecule has 0 spiro atoms. The third-order valence-corrected chi connectivity index (χ3v) is 2.35. The molecule has 19 heavy (non-hydrogen) atoms. The molecule has 1 aromatic carbocycles. The average molecular weight is 268 g/mol. The maximum Gasteiger partial charge on any atom is 0.337 e. The Kier molecular flexibility index (Phi) is 5.28. The van der Waals surface area contributed by atoms with Crippen LogP contribution in [0.4, 0.5) is 5.69 Å². The SMILES string of the molecule is COC(=O)c1cc(N)cc(C(=O)NCC(O)CO)c1. The number of methoxy groups -OCH3 is 1. The van der Waals surface area contributed by atoms with Gasteiger partial charge in [0.1, 0.15) is 0 Å². The van der Waals surface area contributed by atoms with Crippen molar-refractivity contribution in [2.24, 2.45) is 0 Å². The minimum atomic E-state index is -1.04. The molecule has 0 saturated carbocycles. The molecule has 0 saturated heterocycles. The largest absolute Gasteiger partial charge is 0.465 e. The lowest BCUT2D eigenvalue weighted by molar-refractivity contribution is 0.0600. The summed E-state index contributed by atoms with van der Waals surface area (Å²) in [6.45, 7) is -0.553. The highest BCUT2D eigenvalue weighted by atomic mass is 16.5. The van der Waals surface area contributed by atoms with Gasteiger partial charge in [0.2, 0.25) is 0 Å². The number of hydrogen-bond acceptors (Lipinski definition) is 6. The summed E-state index contributed by atoms with van der Waals surface area (Å²) in [6, 6.07) is 4.13. The first-order valence-electron chi connectivity index (χ1n) is 5.54. The maximum absolute atomic E-state index is 11.8. The molecule has 0 radical (unpaired) electrons. The third kappa shape index (κ3) is 4.23. The fraction of sp³-hybridized carbons (Fsp3) is 0.333. The Hall–Kier alpha value is -2.12. The van der Waals surface area contributed by atoms with E-state index in [9.17, 15) is 9.59 Å². The van der Waals surface area contributed by atoms with Crippen molar-refractivity contribution in [2.45, 2.75) is 6.10 Å². The van der Waals surface area contributed by atoms with E-state index in [4.69, 9.17) is 15.9 Å². The molecule has 1 aromatic rings. The first-order valence-corrected chi connectivity index (χ1v) is 5.54. The van der Waals surface area contributed by atoms with Crippen LogP contribution < -0.4 is 11.1 Å². The molecule has 1 atom stereocenters. The standard InChI is InChI=1S/C12H16N2O5/c1-19-12(18)8-2-7(3-9(13)4-8)11(17)14-5-10(16)6-15/h2-4,10,15-16H,5-6,13H2,1H3,(H,14,17). The second-order valence-corrected chi connectivity index (χ2v) is 3.88. The third-order valence-electron chi connectivity index (χ3n) is 2.35. The van der Waals surface area contributed by atoms with Gasteiger partial charge in [-0.05, 0) is 18.2 Å². The zero-order valence-corrected chi connectivity index (χ0v) is 10.4. The van der Waals surface area contributed by atoms with Gasteiger partial charge in [0, 0.05) is 17.8 Å². The summed E-state index contributed by atoms with van der Waals surface area (Å²) in [7, 11) is 1.23. The van der Waals surface area contributed by atoms with Crippen LogP contribution in [-0.4, -0.2) is 48.5 Å². The first kappa shape index (κ1) is 14.9. The highest BCUT2D eigenvalue weighted by molar-refractivity contribution is 5.99. The van der Waals surface area contributed by atoms with Gasteiger partial charge >= 0.3 is 5.97 Å². The minimum Gasteiger partial charge on any atom is -0.465 e. The number of anilines is 1. The van der Waals surface area contributed by atoms with Crippen LogP contribution in [-0.2, 0) is 4.74 Å². The molecule has 0 heterocycles. The molecule has 0 bridgehead atoms. The molecule has 7 heteroatoms. The van der Waals surface area contributed by atoms with Gasteiger partial charge in [0.15, 0.2) is 0 Å². The second-order valence-electron chi connectivity index (χ2n) is 3.88. The summed E-state index contributed by atoms with van der Waals surface area (Å²) >= 11 is 0. The highest BCUT2D eigenvalue weighted by Gasteiger charge is 2.13. The number of esters is 1. The molecule has 0 aliphatic carbocycles. The van der Waals surface area contributed by atoms with Gasteiger partial charge in [0.25, 0.3) is 5.91 Å². The normalized spacial score (nSPS) is 11.7. The maximum atomic E-state index is 11.8. The van der Waals surface area contributed by atoms with Crippen molar-refractivity contribution >= 4 is 17.6 Å². The van der Waals surface area contributed by atoms with Gasteiger partial charge < -0.3 is 26.0 Å². The van der Waals surface area contributed by atoms with Gasteiger partial charge in [-0.1, -0.05) is 0 Å². The van der Waals surface area contributed by atoms with Crippen molar-refractivity contribution < 1.29 is 24.5 Å². The number of aliphatic hydroxyl groups is 2. The summed E-state index contributed by atoms with van der Waals surface area (Å²) in [5, 5.41) is 20.2. The van der Waals surface area contributed by atoms with Crippen LogP contribution in [0.3, 0.4) is 0 Å². The molecule has 1 unspecified atom stereocenters. The van der Waals surface area contributed by atoms with Gasteiger partial charge in [-0.15, -0.1) is 0 Å². The molecular formula is C12H16N2O5. The second kappa shape index (κ2) is 6.72. The number of nitrogens with two attached hydrogens (primary N) is 1. The van der Waals surface area contributed by atoms with Crippen LogP contribution in [0.1, 0.15) is 20.7 Å². The Morgan fingerprint density at radius 2 is 2.00 bits per heavy atom.